The van der Waals surface area contributed by atoms with E-state index in [1.807, 2.05) is 0 Å². The summed E-state index contributed by atoms with van der Waals surface area (Å²) in [6.45, 7) is 2.39. The van der Waals surface area contributed by atoms with E-state index in [1.54, 1.807) is 24.3 Å². The maximum atomic E-state index is 11.9. The monoisotopic (exact) mass is 267 g/mol. The fraction of sp³-hybridized carbons (Fsp3) is 0.500. The lowest BCUT2D eigenvalue weighted by Crippen LogP contribution is -2.39. The third-order valence-electron chi connectivity index (χ3n) is 3.30. The zero-order valence-corrected chi connectivity index (χ0v) is 11.1. The number of benzene rings is 1. The maximum absolute atomic E-state index is 11.9. The van der Waals surface area contributed by atoms with E-state index in [9.17, 15) is 9.90 Å². The number of halogens is 1. The van der Waals surface area contributed by atoms with Crippen LogP contribution in [-0.2, 0) is 0 Å². The Bertz CT molecular complexity index is 405. The van der Waals surface area contributed by atoms with E-state index in [4.69, 9.17) is 11.6 Å². The van der Waals surface area contributed by atoms with Gasteiger partial charge in [-0.2, -0.15) is 0 Å². The molecule has 1 atom stereocenters. The van der Waals surface area contributed by atoms with Crippen molar-refractivity contribution < 1.29 is 9.90 Å². The van der Waals surface area contributed by atoms with Gasteiger partial charge in [-0.05, 0) is 43.7 Å². The van der Waals surface area contributed by atoms with Gasteiger partial charge in [0.1, 0.15) is 0 Å². The third kappa shape index (κ3) is 3.80. The SMILES string of the molecule is O=C(CCN1CCCC(O)C1)c1ccc(Cl)cc1. The Morgan fingerprint density at radius 3 is 2.78 bits per heavy atom. The van der Waals surface area contributed by atoms with Gasteiger partial charge in [0.05, 0.1) is 6.10 Å². The van der Waals surface area contributed by atoms with E-state index in [-0.39, 0.29) is 11.9 Å². The maximum Gasteiger partial charge on any atom is 0.164 e. The predicted octanol–water partition coefficient (Wildman–Crippen LogP) is 2.37. The van der Waals surface area contributed by atoms with Crippen molar-refractivity contribution in [2.45, 2.75) is 25.4 Å². The van der Waals surface area contributed by atoms with Crippen molar-refractivity contribution in [2.75, 3.05) is 19.6 Å². The molecular formula is C14H18ClNO2. The first-order valence-corrected chi connectivity index (χ1v) is 6.72. The third-order valence-corrected chi connectivity index (χ3v) is 3.55. The molecule has 1 N–H and O–H groups in total. The first kappa shape index (κ1) is 13.5. The molecule has 1 aromatic rings. The molecule has 1 unspecified atom stereocenters. The van der Waals surface area contributed by atoms with Crippen molar-refractivity contribution in [1.82, 2.24) is 4.90 Å². The van der Waals surface area contributed by atoms with Crippen LogP contribution in [0.15, 0.2) is 24.3 Å². The van der Waals surface area contributed by atoms with E-state index in [1.165, 1.54) is 0 Å². The van der Waals surface area contributed by atoms with Crippen molar-refractivity contribution in [3.8, 4) is 0 Å². The quantitative estimate of drug-likeness (QED) is 0.852. The first-order valence-electron chi connectivity index (χ1n) is 6.34. The van der Waals surface area contributed by atoms with Crippen LogP contribution >= 0.6 is 11.6 Å². The van der Waals surface area contributed by atoms with Gasteiger partial charge in [-0.1, -0.05) is 11.6 Å². The Morgan fingerprint density at radius 1 is 1.39 bits per heavy atom. The number of nitrogens with zero attached hydrogens (tertiary/aromatic N) is 1. The van der Waals surface area contributed by atoms with E-state index in [2.05, 4.69) is 4.90 Å². The summed E-state index contributed by atoms with van der Waals surface area (Å²) in [7, 11) is 0. The molecule has 2 rings (SSSR count). The van der Waals surface area contributed by atoms with Crippen molar-refractivity contribution >= 4 is 17.4 Å². The van der Waals surface area contributed by atoms with Crippen molar-refractivity contribution in [3.05, 3.63) is 34.9 Å². The molecule has 0 saturated carbocycles. The van der Waals surface area contributed by atoms with Gasteiger partial charge in [-0.15, -0.1) is 0 Å². The van der Waals surface area contributed by atoms with Crippen molar-refractivity contribution in [2.24, 2.45) is 0 Å². The Hall–Kier alpha value is -0.900. The van der Waals surface area contributed by atoms with E-state index in [0.717, 1.165) is 25.9 Å². The first-order chi connectivity index (χ1) is 8.65. The van der Waals surface area contributed by atoms with Gasteiger partial charge >= 0.3 is 0 Å². The Morgan fingerprint density at radius 2 is 2.11 bits per heavy atom. The summed E-state index contributed by atoms with van der Waals surface area (Å²) in [5, 5.41) is 10.2. The Kier molecular flexibility index (Phi) is 4.75. The van der Waals surface area contributed by atoms with Gasteiger partial charge < -0.3 is 10.0 Å². The second-order valence-electron chi connectivity index (χ2n) is 4.78. The van der Waals surface area contributed by atoms with E-state index < -0.39 is 0 Å². The predicted molar refractivity (Wildman–Crippen MR) is 72.1 cm³/mol. The van der Waals surface area contributed by atoms with E-state index >= 15 is 0 Å². The molecule has 1 aromatic carbocycles. The number of aliphatic hydroxyl groups is 1. The van der Waals surface area contributed by atoms with Crippen LogP contribution in [0, 0.1) is 0 Å². The summed E-state index contributed by atoms with van der Waals surface area (Å²) in [5.74, 6) is 0.131. The zero-order valence-electron chi connectivity index (χ0n) is 10.3. The molecule has 4 heteroatoms. The van der Waals surface area contributed by atoms with Gasteiger partial charge in [0.15, 0.2) is 5.78 Å². The van der Waals surface area contributed by atoms with Crippen LogP contribution in [0.1, 0.15) is 29.6 Å². The molecule has 1 aliphatic rings. The number of piperidine rings is 1. The number of hydrogen-bond acceptors (Lipinski definition) is 3. The highest BCUT2D eigenvalue weighted by atomic mass is 35.5. The highest BCUT2D eigenvalue weighted by molar-refractivity contribution is 6.30. The normalized spacial score (nSPS) is 20.9. The molecule has 0 spiro atoms. The van der Waals surface area contributed by atoms with Crippen LogP contribution < -0.4 is 0 Å². The summed E-state index contributed by atoms with van der Waals surface area (Å²) < 4.78 is 0. The van der Waals surface area contributed by atoms with Crippen LogP contribution in [0.4, 0.5) is 0 Å². The highest BCUT2D eigenvalue weighted by Gasteiger charge is 2.18. The van der Waals surface area contributed by atoms with Crippen LogP contribution in [-0.4, -0.2) is 41.5 Å². The molecule has 3 nitrogen and oxygen atoms in total. The zero-order chi connectivity index (χ0) is 13.0. The molecule has 18 heavy (non-hydrogen) atoms. The molecular weight excluding hydrogens is 250 g/mol. The standard InChI is InChI=1S/C14H18ClNO2/c15-12-5-3-11(4-6-12)14(18)7-9-16-8-1-2-13(17)10-16/h3-6,13,17H,1-2,7-10H2. The minimum atomic E-state index is -0.232. The molecule has 1 saturated heterocycles. The number of ketones is 1. The lowest BCUT2D eigenvalue weighted by atomic mass is 10.1. The van der Waals surface area contributed by atoms with Crippen LogP contribution in [0.2, 0.25) is 5.02 Å². The number of hydrogen-bond donors (Lipinski definition) is 1. The topological polar surface area (TPSA) is 40.5 Å². The van der Waals surface area contributed by atoms with Crippen molar-refractivity contribution in [1.29, 1.82) is 0 Å². The lowest BCUT2D eigenvalue weighted by Gasteiger charge is -2.29. The lowest BCUT2D eigenvalue weighted by molar-refractivity contribution is 0.0670. The van der Waals surface area contributed by atoms with Crippen LogP contribution in [0.3, 0.4) is 0 Å². The number of likely N-dealkylation sites (tertiary alicyclic amines) is 1. The van der Waals surface area contributed by atoms with E-state index in [0.29, 0.717) is 23.6 Å². The number of carbonyl (C=O) groups is 1. The van der Waals surface area contributed by atoms with Gasteiger partial charge in [-0.25, -0.2) is 0 Å². The van der Waals surface area contributed by atoms with Gasteiger partial charge in [0.25, 0.3) is 0 Å². The van der Waals surface area contributed by atoms with Crippen LogP contribution in [0.25, 0.3) is 0 Å². The number of Topliss-reactive ketones (excluding diaryl/α,β-unsaturated/α-hetero) is 1. The highest BCUT2D eigenvalue weighted by Crippen LogP contribution is 2.13. The molecule has 0 aliphatic carbocycles. The molecule has 0 amide bonds. The van der Waals surface area contributed by atoms with Gasteiger partial charge in [0, 0.05) is 30.1 Å². The van der Waals surface area contributed by atoms with Gasteiger partial charge in [-0.3, -0.25) is 4.79 Å². The molecule has 98 valence electrons. The fourth-order valence-electron chi connectivity index (χ4n) is 2.27. The molecule has 1 aliphatic heterocycles. The second kappa shape index (κ2) is 6.32. The Balaban J connectivity index is 1.82. The summed E-state index contributed by atoms with van der Waals surface area (Å²) >= 11 is 5.78. The smallest absolute Gasteiger partial charge is 0.164 e. The molecule has 1 heterocycles. The van der Waals surface area contributed by atoms with Gasteiger partial charge in [0.2, 0.25) is 0 Å². The molecule has 0 aromatic heterocycles. The minimum absolute atomic E-state index is 0.131. The summed E-state index contributed by atoms with van der Waals surface area (Å²) in [4.78, 5) is 14.1. The summed E-state index contributed by atoms with van der Waals surface area (Å²) in [6.07, 6.45) is 2.15. The molecule has 0 bridgehead atoms. The molecule has 1 fully saturated rings. The number of rotatable bonds is 4. The Labute approximate surface area is 112 Å². The summed E-state index contributed by atoms with van der Waals surface area (Å²) in [6, 6.07) is 6.99. The van der Waals surface area contributed by atoms with Crippen LogP contribution in [0.5, 0.6) is 0 Å². The average molecular weight is 268 g/mol. The largest absolute Gasteiger partial charge is 0.392 e. The van der Waals surface area contributed by atoms with Crippen molar-refractivity contribution in [3.63, 3.8) is 0 Å². The number of aliphatic hydroxyl groups excluding tert-OH is 1. The average Bonchev–Trinajstić information content (AvgIpc) is 2.37. The minimum Gasteiger partial charge on any atom is -0.392 e. The second-order valence-corrected chi connectivity index (χ2v) is 5.21. The number of β-amino-alcohol motifs (C(OH)–C–C–N with tert-alkyl or cyclic N) is 1. The fourth-order valence-corrected chi connectivity index (χ4v) is 2.40. The number of carbonyl (C=O) groups excluding carboxylic acids is 1. The summed E-state index contributed by atoms with van der Waals surface area (Å²) in [5.41, 5.74) is 0.706. The molecule has 0 radical (unpaired) electrons.